The van der Waals surface area contributed by atoms with Crippen LogP contribution in [0.15, 0.2) is 65.2 Å². The fourth-order valence-electron chi connectivity index (χ4n) is 5.66. The molecule has 1 amide bonds. The lowest BCUT2D eigenvalue weighted by atomic mass is 9.91. The summed E-state index contributed by atoms with van der Waals surface area (Å²) in [7, 11) is 0. The van der Waals surface area contributed by atoms with Crippen LogP contribution in [-0.4, -0.2) is 35.1 Å². The van der Waals surface area contributed by atoms with Crippen LogP contribution in [0.25, 0.3) is 11.0 Å². The van der Waals surface area contributed by atoms with E-state index in [-0.39, 0.29) is 23.7 Å². The van der Waals surface area contributed by atoms with Crippen molar-refractivity contribution < 1.29 is 13.7 Å². The molecule has 7 heteroatoms. The minimum Gasteiger partial charge on any atom is -0.356 e. The molecule has 0 spiro atoms. The molecular formula is C29H27ClFN3O2. The second-order valence-corrected chi connectivity index (χ2v) is 10.2. The van der Waals surface area contributed by atoms with Gasteiger partial charge in [0.05, 0.1) is 23.1 Å². The second-order valence-electron chi connectivity index (χ2n) is 9.77. The van der Waals surface area contributed by atoms with Crippen LogP contribution < -0.4 is 4.90 Å². The van der Waals surface area contributed by atoms with E-state index in [1.165, 1.54) is 17.7 Å². The maximum Gasteiger partial charge on any atom is 0.248 e. The van der Waals surface area contributed by atoms with Crippen LogP contribution in [0.1, 0.15) is 42.5 Å². The fraction of sp³-hybridized carbons (Fsp3) is 0.310. The molecule has 2 aliphatic heterocycles. The number of benzene rings is 3. The molecule has 3 aromatic carbocycles. The van der Waals surface area contributed by atoms with Gasteiger partial charge < -0.3 is 4.52 Å². The van der Waals surface area contributed by atoms with E-state index in [0.717, 1.165) is 66.8 Å². The number of carbonyl (C=O) groups is 1. The number of hydrogen-bond acceptors (Lipinski definition) is 4. The van der Waals surface area contributed by atoms with Gasteiger partial charge in [-0.25, -0.2) is 4.39 Å². The highest BCUT2D eigenvalue weighted by Gasteiger charge is 2.34. The summed E-state index contributed by atoms with van der Waals surface area (Å²) in [5.41, 5.74) is 5.47. The second kappa shape index (κ2) is 9.34. The summed E-state index contributed by atoms with van der Waals surface area (Å²) >= 11 is 6.39. The number of anilines is 2. The number of likely N-dealkylation sites (tertiary alicyclic amines) is 1. The molecule has 1 unspecified atom stereocenters. The standard InChI is InChI=1S/C29H27ClFN3O2/c1-18(33-14-12-21(13-15-33)28-24-11-10-23(31)17-27(24)36-32-28)29(35)34-25-5-3-2-4-19(25)6-7-20-8-9-22(30)16-26(20)34/h2-5,8-11,16-18,21H,6-7,12-15H2,1H3. The minimum atomic E-state index is -0.328. The number of para-hydroxylation sites is 1. The van der Waals surface area contributed by atoms with Crippen molar-refractivity contribution >= 4 is 39.9 Å². The number of piperidine rings is 1. The summed E-state index contributed by atoms with van der Waals surface area (Å²) in [4.78, 5) is 18.2. The molecular weight excluding hydrogens is 477 g/mol. The predicted molar refractivity (Wildman–Crippen MR) is 139 cm³/mol. The number of amides is 1. The number of aromatic nitrogens is 1. The molecule has 4 aromatic rings. The summed E-state index contributed by atoms with van der Waals surface area (Å²) in [6.45, 7) is 3.53. The highest BCUT2D eigenvalue weighted by atomic mass is 35.5. The van der Waals surface area contributed by atoms with Crippen molar-refractivity contribution in [3.63, 3.8) is 0 Å². The zero-order valence-electron chi connectivity index (χ0n) is 20.1. The van der Waals surface area contributed by atoms with Gasteiger partial charge in [0.15, 0.2) is 5.58 Å². The first-order chi connectivity index (χ1) is 17.5. The Morgan fingerprint density at radius 2 is 1.78 bits per heavy atom. The molecule has 1 saturated heterocycles. The van der Waals surface area contributed by atoms with Gasteiger partial charge in [-0.2, -0.15) is 0 Å². The lowest BCUT2D eigenvalue weighted by Crippen LogP contribution is -2.48. The molecule has 184 valence electrons. The Bertz CT molecular complexity index is 1440. The Labute approximate surface area is 214 Å². The van der Waals surface area contributed by atoms with Gasteiger partial charge in [-0.15, -0.1) is 0 Å². The average molecular weight is 504 g/mol. The summed E-state index contributed by atoms with van der Waals surface area (Å²) < 4.78 is 18.9. The van der Waals surface area contributed by atoms with E-state index in [9.17, 15) is 9.18 Å². The zero-order valence-corrected chi connectivity index (χ0v) is 20.8. The van der Waals surface area contributed by atoms with Crippen LogP contribution in [0.3, 0.4) is 0 Å². The lowest BCUT2D eigenvalue weighted by Gasteiger charge is -2.37. The van der Waals surface area contributed by atoms with E-state index < -0.39 is 0 Å². The number of hydrogen-bond donors (Lipinski definition) is 0. The maximum atomic E-state index is 14.1. The number of halogens is 2. The third-order valence-electron chi connectivity index (χ3n) is 7.69. The van der Waals surface area contributed by atoms with E-state index in [4.69, 9.17) is 16.1 Å². The Morgan fingerprint density at radius 1 is 1.03 bits per heavy atom. The van der Waals surface area contributed by atoms with Gasteiger partial charge in [0.2, 0.25) is 5.91 Å². The van der Waals surface area contributed by atoms with Gasteiger partial charge >= 0.3 is 0 Å². The number of aryl methyl sites for hydroxylation is 2. The van der Waals surface area contributed by atoms with E-state index in [1.807, 2.05) is 48.2 Å². The van der Waals surface area contributed by atoms with Crippen LogP contribution in [-0.2, 0) is 17.6 Å². The van der Waals surface area contributed by atoms with Gasteiger partial charge in [0.25, 0.3) is 0 Å². The summed E-state index contributed by atoms with van der Waals surface area (Å²) in [5, 5.41) is 5.75. The van der Waals surface area contributed by atoms with Crippen molar-refractivity contribution in [1.29, 1.82) is 0 Å². The van der Waals surface area contributed by atoms with Crippen molar-refractivity contribution in [3.8, 4) is 0 Å². The third kappa shape index (κ3) is 4.08. The molecule has 0 radical (unpaired) electrons. The molecule has 6 rings (SSSR count). The van der Waals surface area contributed by atoms with E-state index in [1.54, 1.807) is 6.07 Å². The van der Waals surface area contributed by atoms with Crippen LogP contribution >= 0.6 is 11.6 Å². The Hall–Kier alpha value is -3.22. The molecule has 0 saturated carbocycles. The molecule has 5 nitrogen and oxygen atoms in total. The Balaban J connectivity index is 1.24. The van der Waals surface area contributed by atoms with E-state index in [0.29, 0.717) is 10.6 Å². The van der Waals surface area contributed by atoms with Gasteiger partial charge in [-0.05, 0) is 87.2 Å². The van der Waals surface area contributed by atoms with Crippen molar-refractivity contribution in [3.05, 3.63) is 88.3 Å². The quantitative estimate of drug-likeness (QED) is 0.314. The fourth-order valence-corrected chi connectivity index (χ4v) is 5.83. The van der Waals surface area contributed by atoms with E-state index in [2.05, 4.69) is 16.1 Å². The molecule has 0 bridgehead atoms. The van der Waals surface area contributed by atoms with Gasteiger partial charge in [-0.1, -0.05) is 41.0 Å². The number of fused-ring (bicyclic) bond motifs is 3. The average Bonchev–Trinajstić information content (AvgIpc) is 3.24. The Morgan fingerprint density at radius 3 is 2.58 bits per heavy atom. The zero-order chi connectivity index (χ0) is 24.8. The molecule has 1 aromatic heterocycles. The Kier molecular flexibility index (Phi) is 6.02. The van der Waals surface area contributed by atoms with Crippen LogP contribution in [0, 0.1) is 5.82 Å². The molecule has 36 heavy (non-hydrogen) atoms. The molecule has 0 aliphatic carbocycles. The first-order valence-electron chi connectivity index (χ1n) is 12.5. The predicted octanol–water partition coefficient (Wildman–Crippen LogP) is 6.65. The van der Waals surface area contributed by atoms with Crippen LogP contribution in [0.5, 0.6) is 0 Å². The largest absolute Gasteiger partial charge is 0.356 e. The topological polar surface area (TPSA) is 49.6 Å². The summed E-state index contributed by atoms with van der Waals surface area (Å²) in [6.07, 6.45) is 3.46. The van der Waals surface area contributed by atoms with Gasteiger partial charge in [-0.3, -0.25) is 14.6 Å². The highest BCUT2D eigenvalue weighted by Crippen LogP contribution is 2.39. The van der Waals surface area contributed by atoms with E-state index >= 15 is 0 Å². The highest BCUT2D eigenvalue weighted by molar-refractivity contribution is 6.31. The number of carbonyl (C=O) groups excluding carboxylic acids is 1. The smallest absolute Gasteiger partial charge is 0.248 e. The maximum absolute atomic E-state index is 14.1. The number of rotatable bonds is 3. The lowest BCUT2D eigenvalue weighted by molar-refractivity contribution is -0.123. The third-order valence-corrected chi connectivity index (χ3v) is 7.92. The molecule has 1 fully saturated rings. The van der Waals surface area contributed by atoms with Crippen molar-refractivity contribution in [2.24, 2.45) is 0 Å². The van der Waals surface area contributed by atoms with Crippen molar-refractivity contribution in [2.45, 2.75) is 44.6 Å². The summed E-state index contributed by atoms with van der Waals surface area (Å²) in [6, 6.07) is 18.3. The summed E-state index contributed by atoms with van der Waals surface area (Å²) in [5.74, 6) is -0.0623. The monoisotopic (exact) mass is 503 g/mol. The van der Waals surface area contributed by atoms with Gasteiger partial charge in [0.1, 0.15) is 5.82 Å². The molecule has 0 N–H and O–H groups in total. The number of nitrogens with zero attached hydrogens (tertiary/aromatic N) is 3. The van der Waals surface area contributed by atoms with Crippen LogP contribution in [0.2, 0.25) is 5.02 Å². The molecule has 3 heterocycles. The molecule has 2 aliphatic rings. The SMILES string of the molecule is CC(C(=O)N1c2ccccc2CCc2ccc(Cl)cc21)N1CCC(c2noc3cc(F)ccc23)CC1. The van der Waals surface area contributed by atoms with Crippen LogP contribution in [0.4, 0.5) is 15.8 Å². The molecule has 1 atom stereocenters. The van der Waals surface area contributed by atoms with Crippen molar-refractivity contribution in [2.75, 3.05) is 18.0 Å². The van der Waals surface area contributed by atoms with Gasteiger partial charge in [0, 0.05) is 22.4 Å². The first-order valence-corrected chi connectivity index (χ1v) is 12.9. The van der Waals surface area contributed by atoms with Crippen molar-refractivity contribution in [1.82, 2.24) is 10.1 Å². The first kappa shape index (κ1) is 23.2. The minimum absolute atomic E-state index is 0.0497. The normalized spacial score (nSPS) is 17.5.